The van der Waals surface area contributed by atoms with Gasteiger partial charge in [-0.05, 0) is 72.1 Å². The van der Waals surface area contributed by atoms with Gasteiger partial charge in [0.25, 0.3) is 0 Å². The monoisotopic (exact) mass is 687 g/mol. The number of fused-ring (bicyclic) bond motifs is 2. The van der Waals surface area contributed by atoms with Crippen molar-refractivity contribution < 1.29 is 96.9 Å². The molecule has 0 saturated heterocycles. The number of methoxy groups -OCH3 is 1. The molecule has 0 heterocycles. The third-order valence-electron chi connectivity index (χ3n) is 6.37. The van der Waals surface area contributed by atoms with Gasteiger partial charge in [-0.15, -0.1) is 15.3 Å². The van der Waals surface area contributed by atoms with Crippen LogP contribution in [-0.4, -0.2) is 73.5 Å². The van der Waals surface area contributed by atoms with Gasteiger partial charge < -0.3 is 29.2 Å². The van der Waals surface area contributed by atoms with Gasteiger partial charge in [0.05, 0.1) is 34.0 Å². The van der Waals surface area contributed by atoms with Crippen molar-refractivity contribution >= 4 is 113 Å². The van der Waals surface area contributed by atoms with E-state index in [1.807, 2.05) is 30.8 Å². The second-order valence-corrected chi connectivity index (χ2v) is 12.4. The normalized spacial score (nSPS) is 11.4. The van der Waals surface area contributed by atoms with Gasteiger partial charge in [0, 0.05) is 26.7 Å². The minimum atomic E-state index is -4.94. The number of phenolic OH excluding ortho intramolecular Hbond substituents is 1. The zero-order valence-electron chi connectivity index (χ0n) is 27.2. The van der Waals surface area contributed by atoms with Crippen LogP contribution in [0.5, 0.6) is 11.5 Å². The SMILES string of the molecule is COc1ccc(N=Nc2ccc(N=Nc3c(S[O-])cc4cc(S(=O)(=O)[O-])c(N)cc4c3O)c3cc(S(=O)(=O)[O-])ccc23)cc1.[Li+].[Li+].[Li+].[Li][Li]. The van der Waals surface area contributed by atoms with Gasteiger partial charge in [-0.3, -0.25) is 0 Å². The number of aromatic hydroxyl groups is 1. The average molecular weight is 687 g/mol. The molecular formula is C27H18Li5N5O9S3. The Bertz CT molecular complexity index is 2250. The number of benzene rings is 5. The molecule has 0 spiro atoms. The molecule has 0 atom stereocenters. The summed E-state index contributed by atoms with van der Waals surface area (Å²) in [6.45, 7) is 0. The molecular weight excluding hydrogens is 669 g/mol. The van der Waals surface area contributed by atoms with Crippen LogP contribution in [-0.2, 0) is 20.2 Å². The van der Waals surface area contributed by atoms with Crippen LogP contribution in [0.1, 0.15) is 0 Å². The van der Waals surface area contributed by atoms with Crippen molar-refractivity contribution in [3.8, 4) is 11.5 Å². The standard InChI is InChI=1S/C27H21N5O9S3.5Li/c1-41-16-4-2-15(3-5-16)29-30-22-8-9-23(20-12-17(43(35,36)37)6-7-18(20)22)31-32-26-24(42-34)10-14-11-25(44(38,39)40)21(28)13-19(14)27(26)33;;;;;/h2-13,33-34H,28H2,1H3,(H,35,36,37)(H,38,39,40);;;;;/q;;;3*+1/p-3. The van der Waals surface area contributed by atoms with E-state index in [1.165, 1.54) is 31.4 Å². The fourth-order valence-corrected chi connectivity index (χ4v) is 5.76. The molecule has 0 bridgehead atoms. The molecule has 49 heavy (non-hydrogen) atoms. The van der Waals surface area contributed by atoms with E-state index in [1.54, 1.807) is 24.3 Å². The Morgan fingerprint density at radius 1 is 0.755 bits per heavy atom. The van der Waals surface area contributed by atoms with Gasteiger partial charge >= 0.3 is 87.4 Å². The third-order valence-corrected chi connectivity index (χ3v) is 8.59. The van der Waals surface area contributed by atoms with Crippen molar-refractivity contribution in [2.24, 2.45) is 20.5 Å². The van der Waals surface area contributed by atoms with E-state index in [9.17, 15) is 35.6 Å². The molecule has 5 aromatic rings. The summed E-state index contributed by atoms with van der Waals surface area (Å²) in [5, 5.41) is 28.0. The molecule has 0 unspecified atom stereocenters. The maximum absolute atomic E-state index is 11.9. The number of hydrogen-bond donors (Lipinski definition) is 2. The number of rotatable bonds is 8. The molecule has 0 radical (unpaired) electrons. The van der Waals surface area contributed by atoms with Crippen molar-refractivity contribution in [3.63, 3.8) is 0 Å². The van der Waals surface area contributed by atoms with Crippen LogP contribution >= 0.6 is 12.0 Å². The van der Waals surface area contributed by atoms with Crippen LogP contribution in [0, 0.1) is 0 Å². The summed E-state index contributed by atoms with van der Waals surface area (Å²) in [6, 6.07) is 16.4. The summed E-state index contributed by atoms with van der Waals surface area (Å²) in [5.74, 6) is 0.0401. The Morgan fingerprint density at radius 3 is 1.90 bits per heavy atom. The first-order valence-electron chi connectivity index (χ1n) is 13.2. The van der Waals surface area contributed by atoms with Crippen molar-refractivity contribution in [1.82, 2.24) is 0 Å². The first kappa shape index (κ1) is 45.4. The number of azo groups is 2. The van der Waals surface area contributed by atoms with Crippen molar-refractivity contribution in [2.45, 2.75) is 14.7 Å². The van der Waals surface area contributed by atoms with Gasteiger partial charge in [0.1, 0.15) is 31.7 Å². The van der Waals surface area contributed by atoms with E-state index in [0.29, 0.717) is 22.5 Å². The van der Waals surface area contributed by atoms with E-state index >= 15 is 0 Å². The molecule has 5 aromatic carbocycles. The van der Waals surface area contributed by atoms with Gasteiger partial charge in [-0.2, -0.15) is 5.11 Å². The van der Waals surface area contributed by atoms with Crippen LogP contribution in [0.15, 0.2) is 108 Å². The van der Waals surface area contributed by atoms with Crippen LogP contribution in [0.4, 0.5) is 28.4 Å². The van der Waals surface area contributed by atoms with E-state index < -0.39 is 41.5 Å². The number of ether oxygens (including phenoxy) is 1. The topological polar surface area (TPSA) is 242 Å². The van der Waals surface area contributed by atoms with Crippen LogP contribution in [0.25, 0.3) is 21.5 Å². The third kappa shape index (κ3) is 10.7. The van der Waals surface area contributed by atoms with E-state index in [2.05, 4.69) is 20.5 Å². The van der Waals surface area contributed by atoms with E-state index in [0.717, 1.165) is 24.3 Å². The van der Waals surface area contributed by atoms with Crippen molar-refractivity contribution in [1.29, 1.82) is 0 Å². The Morgan fingerprint density at radius 2 is 1.35 bits per heavy atom. The molecule has 228 valence electrons. The van der Waals surface area contributed by atoms with Crippen LogP contribution < -0.4 is 67.1 Å². The summed E-state index contributed by atoms with van der Waals surface area (Å²) in [6.07, 6.45) is 0. The first-order chi connectivity index (χ1) is 21.8. The molecule has 0 aliphatic carbocycles. The zero-order chi connectivity index (χ0) is 33.8. The Hall–Kier alpha value is -1.66. The van der Waals surface area contributed by atoms with Gasteiger partial charge in [0.2, 0.25) is 0 Å². The Balaban J connectivity index is 0.00000236. The predicted molar refractivity (Wildman–Crippen MR) is 169 cm³/mol. The molecule has 5 rings (SSSR count). The quantitative estimate of drug-likeness (QED) is 0.0531. The molecule has 0 aliphatic rings. The van der Waals surface area contributed by atoms with Gasteiger partial charge in [0.15, 0.2) is 5.75 Å². The van der Waals surface area contributed by atoms with E-state index in [-0.39, 0.29) is 101 Å². The molecule has 22 heteroatoms. The fraction of sp³-hybridized carbons (Fsp3) is 0.0370. The Kier molecular flexibility index (Phi) is 17.8. The first-order valence-corrected chi connectivity index (χ1v) is 16.7. The molecule has 0 fully saturated rings. The fourth-order valence-electron chi connectivity index (χ4n) is 4.26. The van der Waals surface area contributed by atoms with Crippen molar-refractivity contribution in [2.75, 3.05) is 12.8 Å². The molecule has 3 N–H and O–H groups in total. The second kappa shape index (κ2) is 19.3. The summed E-state index contributed by atoms with van der Waals surface area (Å²) in [7, 11) is -8.28. The number of anilines is 1. The number of nitrogens with zero attached hydrogens (tertiary/aromatic N) is 4. The van der Waals surface area contributed by atoms with Crippen LogP contribution in [0.2, 0.25) is 0 Å². The minimum absolute atomic E-state index is 0. The summed E-state index contributed by atoms with van der Waals surface area (Å²) in [5.41, 5.74) is 5.83. The number of phenols is 1. The Labute approximate surface area is 338 Å². The summed E-state index contributed by atoms with van der Waals surface area (Å²) < 4.78 is 87.0. The molecule has 0 aliphatic heterocycles. The molecule has 0 amide bonds. The maximum atomic E-state index is 11.9. The van der Waals surface area contributed by atoms with Crippen molar-refractivity contribution in [3.05, 3.63) is 72.8 Å². The summed E-state index contributed by atoms with van der Waals surface area (Å²) in [4.78, 5) is -1.44. The zero-order valence-corrected chi connectivity index (χ0v) is 29.7. The molecule has 14 nitrogen and oxygen atoms in total. The molecule has 0 saturated carbocycles. The van der Waals surface area contributed by atoms with E-state index in [4.69, 9.17) is 10.5 Å². The van der Waals surface area contributed by atoms with Gasteiger partial charge in [-0.25, -0.2) is 28.9 Å². The summed E-state index contributed by atoms with van der Waals surface area (Å²) >= 11 is 3.92. The number of nitrogens with two attached hydrogens (primary N) is 1. The molecule has 0 aromatic heterocycles. The predicted octanol–water partition coefficient (Wildman–Crippen LogP) is -3.60. The second-order valence-electron chi connectivity index (χ2n) is 9.08. The van der Waals surface area contributed by atoms with Gasteiger partial charge in [-0.1, -0.05) is 6.07 Å². The van der Waals surface area contributed by atoms with Crippen LogP contribution in [0.3, 0.4) is 0 Å². The number of hydrogen-bond acceptors (Lipinski definition) is 15. The number of nitrogen functional groups attached to an aromatic ring is 1. The average Bonchev–Trinajstić information content (AvgIpc) is 3.03.